The Hall–Kier alpha value is -1.36. The predicted octanol–water partition coefficient (Wildman–Crippen LogP) is 2.63. The number of hydrogen-bond acceptors (Lipinski definition) is 4. The summed E-state index contributed by atoms with van der Waals surface area (Å²) in [7, 11) is 2.12. The smallest absolute Gasteiger partial charge is 0.0874 e. The van der Waals surface area contributed by atoms with E-state index in [0.29, 0.717) is 5.02 Å². The number of pyridine rings is 1. The van der Waals surface area contributed by atoms with Gasteiger partial charge in [-0.05, 0) is 31.3 Å². The molecule has 1 aromatic heterocycles. The van der Waals surface area contributed by atoms with Crippen molar-refractivity contribution in [1.82, 2.24) is 9.88 Å². The molecule has 1 aliphatic heterocycles. The zero-order chi connectivity index (χ0) is 13.9. The molecule has 1 saturated heterocycles. The topological polar surface area (TPSA) is 37.4 Å². The van der Waals surface area contributed by atoms with E-state index >= 15 is 0 Å². The van der Waals surface area contributed by atoms with Crippen molar-refractivity contribution in [3.63, 3.8) is 0 Å². The van der Waals surface area contributed by atoms with Gasteiger partial charge in [-0.3, -0.25) is 4.98 Å². The average molecular weight is 292 g/mol. The number of anilines is 1. The van der Waals surface area contributed by atoms with E-state index in [-0.39, 0.29) is 6.10 Å². The molecule has 0 aliphatic carbocycles. The normalized spacial score (nSPS) is 20.2. The summed E-state index contributed by atoms with van der Waals surface area (Å²) in [4.78, 5) is 6.64. The number of nitrogens with one attached hydrogen (secondary N) is 1. The Morgan fingerprint density at radius 1 is 1.45 bits per heavy atom. The number of ether oxygens (including phenoxy) is 1. The summed E-state index contributed by atoms with van der Waals surface area (Å²) in [5.74, 6) is 0. The molecular weight excluding hydrogens is 274 g/mol. The van der Waals surface area contributed by atoms with Gasteiger partial charge in [0.25, 0.3) is 0 Å². The first kappa shape index (κ1) is 13.6. The second-order valence-electron chi connectivity index (χ2n) is 5.16. The van der Waals surface area contributed by atoms with Gasteiger partial charge in [0.05, 0.1) is 18.2 Å². The lowest BCUT2D eigenvalue weighted by Gasteiger charge is -2.30. The molecule has 5 heteroatoms. The first-order chi connectivity index (χ1) is 9.72. The summed E-state index contributed by atoms with van der Waals surface area (Å²) in [6.07, 6.45) is 2.03. The molecule has 0 bridgehead atoms. The van der Waals surface area contributed by atoms with Crippen molar-refractivity contribution in [2.24, 2.45) is 0 Å². The van der Waals surface area contributed by atoms with E-state index in [2.05, 4.69) is 22.2 Å². The van der Waals surface area contributed by atoms with Crippen molar-refractivity contribution in [3.8, 4) is 0 Å². The Balaban J connectivity index is 1.74. The molecule has 0 radical (unpaired) electrons. The fourth-order valence-electron chi connectivity index (χ4n) is 2.49. The number of hydrogen-bond donors (Lipinski definition) is 1. The van der Waals surface area contributed by atoms with Gasteiger partial charge >= 0.3 is 0 Å². The third kappa shape index (κ3) is 3.03. The molecule has 0 amide bonds. The number of nitrogens with zero attached hydrogens (tertiary/aromatic N) is 2. The summed E-state index contributed by atoms with van der Waals surface area (Å²) in [6, 6.07) is 7.76. The summed E-state index contributed by atoms with van der Waals surface area (Å²) >= 11 is 6.00. The first-order valence-electron chi connectivity index (χ1n) is 6.80. The number of morpholine rings is 1. The molecule has 2 heterocycles. The highest BCUT2D eigenvalue weighted by atomic mass is 35.5. The number of benzene rings is 1. The lowest BCUT2D eigenvalue weighted by Crippen LogP contribution is -2.43. The van der Waals surface area contributed by atoms with Crippen molar-refractivity contribution in [3.05, 3.63) is 35.5 Å². The van der Waals surface area contributed by atoms with Gasteiger partial charge in [0, 0.05) is 41.9 Å². The van der Waals surface area contributed by atoms with Crippen LogP contribution in [0.4, 0.5) is 5.69 Å². The molecule has 1 N–H and O–H groups in total. The summed E-state index contributed by atoms with van der Waals surface area (Å²) in [5.41, 5.74) is 1.98. The quantitative estimate of drug-likeness (QED) is 0.943. The predicted molar refractivity (Wildman–Crippen MR) is 82.5 cm³/mol. The standard InChI is InChI=1S/C15H18ClN3O/c1-19-6-7-20-12(10-19)9-18-14-4-5-17-15-8-11(16)2-3-13(14)15/h2-5,8,12H,6-7,9-10H2,1H3,(H,17,18). The SMILES string of the molecule is CN1CCOC(CNc2ccnc3cc(Cl)ccc23)C1. The molecule has 4 nitrogen and oxygen atoms in total. The highest BCUT2D eigenvalue weighted by Crippen LogP contribution is 2.24. The average Bonchev–Trinajstić information content (AvgIpc) is 2.44. The van der Waals surface area contributed by atoms with E-state index in [9.17, 15) is 0 Å². The van der Waals surface area contributed by atoms with Gasteiger partial charge in [0.2, 0.25) is 0 Å². The van der Waals surface area contributed by atoms with Crippen molar-refractivity contribution >= 4 is 28.2 Å². The van der Waals surface area contributed by atoms with Crippen molar-refractivity contribution in [1.29, 1.82) is 0 Å². The van der Waals surface area contributed by atoms with Crippen LogP contribution in [0, 0.1) is 0 Å². The van der Waals surface area contributed by atoms with Gasteiger partial charge < -0.3 is 15.0 Å². The van der Waals surface area contributed by atoms with E-state index in [1.807, 2.05) is 24.3 Å². The molecule has 3 rings (SSSR count). The van der Waals surface area contributed by atoms with E-state index in [1.54, 1.807) is 6.20 Å². The van der Waals surface area contributed by atoms with Gasteiger partial charge in [0.1, 0.15) is 0 Å². The van der Waals surface area contributed by atoms with Crippen LogP contribution in [0.15, 0.2) is 30.5 Å². The molecule has 1 aliphatic rings. The van der Waals surface area contributed by atoms with Crippen LogP contribution in [0.5, 0.6) is 0 Å². The molecule has 1 atom stereocenters. The molecule has 0 spiro atoms. The largest absolute Gasteiger partial charge is 0.382 e. The number of rotatable bonds is 3. The maximum atomic E-state index is 6.00. The second-order valence-corrected chi connectivity index (χ2v) is 5.59. The first-order valence-corrected chi connectivity index (χ1v) is 7.18. The molecule has 1 unspecified atom stereocenters. The highest BCUT2D eigenvalue weighted by molar-refractivity contribution is 6.31. The minimum atomic E-state index is 0.226. The minimum absolute atomic E-state index is 0.226. The van der Waals surface area contributed by atoms with Crippen LogP contribution in [0.1, 0.15) is 0 Å². The maximum absolute atomic E-state index is 6.00. The zero-order valence-corrected chi connectivity index (χ0v) is 12.2. The van der Waals surface area contributed by atoms with Gasteiger partial charge in [-0.15, -0.1) is 0 Å². The van der Waals surface area contributed by atoms with Crippen LogP contribution in [0.2, 0.25) is 5.02 Å². The lowest BCUT2D eigenvalue weighted by molar-refractivity contribution is -0.0117. The Morgan fingerprint density at radius 3 is 3.20 bits per heavy atom. The molecule has 2 aromatic rings. The molecular formula is C15H18ClN3O. The van der Waals surface area contributed by atoms with Gasteiger partial charge in [-0.1, -0.05) is 11.6 Å². The Kier molecular flexibility index (Phi) is 4.05. The third-order valence-electron chi connectivity index (χ3n) is 3.57. The minimum Gasteiger partial charge on any atom is -0.382 e. The van der Waals surface area contributed by atoms with Gasteiger partial charge in [-0.25, -0.2) is 0 Å². The molecule has 0 saturated carbocycles. The summed E-state index contributed by atoms with van der Waals surface area (Å²) in [6.45, 7) is 3.57. The Bertz CT molecular complexity index is 605. The van der Waals surface area contributed by atoms with Crippen LogP contribution >= 0.6 is 11.6 Å². The fraction of sp³-hybridized carbons (Fsp3) is 0.400. The lowest BCUT2D eigenvalue weighted by atomic mass is 10.2. The number of fused-ring (bicyclic) bond motifs is 1. The second kappa shape index (κ2) is 5.95. The number of aromatic nitrogens is 1. The van der Waals surface area contributed by atoms with Crippen LogP contribution in [-0.4, -0.2) is 49.3 Å². The van der Waals surface area contributed by atoms with Gasteiger partial charge in [0.15, 0.2) is 0 Å². The van der Waals surface area contributed by atoms with Crippen LogP contribution in [0.25, 0.3) is 10.9 Å². The third-order valence-corrected chi connectivity index (χ3v) is 3.80. The monoisotopic (exact) mass is 291 g/mol. The zero-order valence-electron chi connectivity index (χ0n) is 11.5. The summed E-state index contributed by atoms with van der Waals surface area (Å²) in [5, 5.41) is 5.25. The van der Waals surface area contributed by atoms with E-state index in [0.717, 1.165) is 42.8 Å². The van der Waals surface area contributed by atoms with Crippen LogP contribution in [-0.2, 0) is 4.74 Å². The highest BCUT2D eigenvalue weighted by Gasteiger charge is 2.17. The van der Waals surface area contributed by atoms with Crippen LogP contribution in [0.3, 0.4) is 0 Å². The maximum Gasteiger partial charge on any atom is 0.0874 e. The summed E-state index contributed by atoms with van der Waals surface area (Å²) < 4.78 is 5.76. The van der Waals surface area contributed by atoms with Crippen LogP contribution < -0.4 is 5.32 Å². The molecule has 106 valence electrons. The van der Waals surface area contributed by atoms with E-state index in [4.69, 9.17) is 16.3 Å². The van der Waals surface area contributed by atoms with Crippen molar-refractivity contribution < 1.29 is 4.74 Å². The fourth-order valence-corrected chi connectivity index (χ4v) is 2.66. The van der Waals surface area contributed by atoms with Crippen molar-refractivity contribution in [2.45, 2.75) is 6.10 Å². The Morgan fingerprint density at radius 2 is 2.35 bits per heavy atom. The number of likely N-dealkylation sites (N-methyl/N-ethyl adjacent to an activating group) is 1. The van der Waals surface area contributed by atoms with Gasteiger partial charge in [-0.2, -0.15) is 0 Å². The number of halogens is 1. The molecule has 1 fully saturated rings. The van der Waals surface area contributed by atoms with E-state index in [1.165, 1.54) is 0 Å². The molecule has 1 aromatic carbocycles. The Labute approximate surface area is 123 Å². The van der Waals surface area contributed by atoms with E-state index < -0.39 is 0 Å². The van der Waals surface area contributed by atoms with Crippen molar-refractivity contribution in [2.75, 3.05) is 38.6 Å². The molecule has 20 heavy (non-hydrogen) atoms.